The maximum Gasteiger partial charge on any atom is 0.128 e. The molecule has 2 N–H and O–H groups in total. The van der Waals surface area contributed by atoms with Gasteiger partial charge in [0.05, 0.1) is 12.8 Å². The third-order valence-corrected chi connectivity index (χ3v) is 2.72. The molecule has 0 saturated heterocycles. The molecule has 0 fully saturated rings. The van der Waals surface area contributed by atoms with Crippen LogP contribution >= 0.6 is 15.9 Å². The summed E-state index contributed by atoms with van der Waals surface area (Å²) < 4.78 is 6.25. The van der Waals surface area contributed by atoms with E-state index in [9.17, 15) is 0 Å². The van der Waals surface area contributed by atoms with E-state index in [2.05, 4.69) is 27.7 Å². The Morgan fingerprint density at radius 2 is 2.18 bits per heavy atom. The van der Waals surface area contributed by atoms with Gasteiger partial charge in [0.2, 0.25) is 0 Å². The van der Waals surface area contributed by atoms with Crippen molar-refractivity contribution < 1.29 is 4.74 Å². The number of nitrogens with zero attached hydrogens (tertiary/aromatic N) is 2. The zero-order valence-electron chi connectivity index (χ0n) is 10.2. The van der Waals surface area contributed by atoms with E-state index in [1.54, 1.807) is 18.2 Å². The number of halogens is 1. The first kappa shape index (κ1) is 13.6. The highest BCUT2D eigenvalue weighted by atomic mass is 79.9. The lowest BCUT2D eigenvalue weighted by Gasteiger charge is -2.20. The quantitative estimate of drug-likeness (QED) is 0.528. The molecule has 1 rings (SSSR count). The molecule has 4 nitrogen and oxygen atoms in total. The summed E-state index contributed by atoms with van der Waals surface area (Å²) in [5.41, 5.74) is 8.21. The number of benzene rings is 1. The van der Waals surface area contributed by atoms with E-state index >= 15 is 0 Å². The number of methoxy groups -OCH3 is 1. The zero-order valence-corrected chi connectivity index (χ0v) is 11.8. The third kappa shape index (κ3) is 3.00. The molecule has 0 radical (unpaired) electrons. The Morgan fingerprint density at radius 3 is 2.65 bits per heavy atom. The molecule has 0 saturated carbocycles. The van der Waals surface area contributed by atoms with E-state index < -0.39 is 0 Å². The summed E-state index contributed by atoms with van der Waals surface area (Å²) >= 11 is 3.46. The highest BCUT2D eigenvalue weighted by molar-refractivity contribution is 9.11. The molecule has 0 bridgehead atoms. The van der Waals surface area contributed by atoms with Crippen LogP contribution in [-0.4, -0.2) is 25.9 Å². The predicted molar refractivity (Wildman–Crippen MR) is 76.2 cm³/mol. The van der Waals surface area contributed by atoms with Crippen LogP contribution in [0.1, 0.15) is 12.5 Å². The van der Waals surface area contributed by atoms with E-state index in [0.29, 0.717) is 5.69 Å². The molecule has 1 aromatic carbocycles. The van der Waals surface area contributed by atoms with Crippen molar-refractivity contribution in [2.45, 2.75) is 6.92 Å². The second-order valence-electron chi connectivity index (χ2n) is 3.51. The largest absolute Gasteiger partial charge is 0.496 e. The topological polar surface area (TPSA) is 50.8 Å². The number of allylic oxidation sites excluding steroid dienone is 1. The van der Waals surface area contributed by atoms with Crippen LogP contribution in [0.5, 0.6) is 5.75 Å². The molecule has 17 heavy (non-hydrogen) atoms. The first-order chi connectivity index (χ1) is 8.01. The van der Waals surface area contributed by atoms with Crippen molar-refractivity contribution in [3.05, 3.63) is 28.2 Å². The van der Waals surface area contributed by atoms with Gasteiger partial charge in [-0.2, -0.15) is 5.10 Å². The second-order valence-corrected chi connectivity index (χ2v) is 4.70. The number of nitrogens with two attached hydrogens (primary N) is 1. The summed E-state index contributed by atoms with van der Waals surface area (Å²) in [7, 11) is 3.44. The van der Waals surface area contributed by atoms with Gasteiger partial charge in [0, 0.05) is 29.5 Å². The van der Waals surface area contributed by atoms with Gasteiger partial charge in [-0.1, -0.05) is 15.9 Å². The number of rotatable bonds is 4. The average molecular weight is 298 g/mol. The molecule has 5 heteroatoms. The fourth-order valence-corrected chi connectivity index (χ4v) is 2.03. The van der Waals surface area contributed by atoms with E-state index in [4.69, 9.17) is 10.5 Å². The van der Waals surface area contributed by atoms with Crippen molar-refractivity contribution in [2.75, 3.05) is 19.9 Å². The SMILES string of the molecule is C=NN(C)/C(=C(\C)Br)c1cc(N)ccc1OC. The monoisotopic (exact) mass is 297 g/mol. The summed E-state index contributed by atoms with van der Waals surface area (Å²) in [6.07, 6.45) is 0. The highest BCUT2D eigenvalue weighted by Gasteiger charge is 2.14. The number of hydrogen-bond donors (Lipinski definition) is 1. The molecule has 0 spiro atoms. The lowest BCUT2D eigenvalue weighted by molar-refractivity contribution is 0.410. The Hall–Kier alpha value is -1.49. The average Bonchev–Trinajstić information content (AvgIpc) is 2.29. The first-order valence-electron chi connectivity index (χ1n) is 5.02. The van der Waals surface area contributed by atoms with Crippen molar-refractivity contribution >= 4 is 34.0 Å². The number of hydrazone groups is 1. The van der Waals surface area contributed by atoms with Crippen LogP contribution < -0.4 is 10.5 Å². The molecule has 0 atom stereocenters. The van der Waals surface area contributed by atoms with Crippen LogP contribution in [0.25, 0.3) is 5.70 Å². The molecule has 0 heterocycles. The number of ether oxygens (including phenoxy) is 1. The van der Waals surface area contributed by atoms with Crippen LogP contribution in [0, 0.1) is 0 Å². The smallest absolute Gasteiger partial charge is 0.128 e. The maximum absolute atomic E-state index is 5.80. The minimum Gasteiger partial charge on any atom is -0.496 e. The molecule has 0 aliphatic heterocycles. The zero-order chi connectivity index (χ0) is 13.0. The van der Waals surface area contributed by atoms with Gasteiger partial charge in [0.1, 0.15) is 5.75 Å². The van der Waals surface area contributed by atoms with Gasteiger partial charge in [-0.25, -0.2) is 0 Å². The van der Waals surface area contributed by atoms with E-state index in [-0.39, 0.29) is 0 Å². The van der Waals surface area contributed by atoms with Gasteiger partial charge < -0.3 is 10.5 Å². The normalized spacial score (nSPS) is 11.8. The number of hydrogen-bond acceptors (Lipinski definition) is 4. The van der Waals surface area contributed by atoms with Gasteiger partial charge in [-0.3, -0.25) is 5.01 Å². The molecule has 92 valence electrons. The fourth-order valence-electron chi connectivity index (χ4n) is 1.56. The first-order valence-corrected chi connectivity index (χ1v) is 5.81. The van der Waals surface area contributed by atoms with Crippen molar-refractivity contribution in [1.82, 2.24) is 5.01 Å². The Morgan fingerprint density at radius 1 is 1.53 bits per heavy atom. The molecule has 0 aliphatic carbocycles. The third-order valence-electron chi connectivity index (χ3n) is 2.34. The van der Waals surface area contributed by atoms with Crippen LogP contribution in [0.3, 0.4) is 0 Å². The van der Waals surface area contributed by atoms with Crippen molar-refractivity contribution in [2.24, 2.45) is 5.10 Å². The second kappa shape index (κ2) is 5.72. The Balaban J connectivity index is 3.43. The van der Waals surface area contributed by atoms with Crippen molar-refractivity contribution in [3.63, 3.8) is 0 Å². The van der Waals surface area contributed by atoms with E-state index in [0.717, 1.165) is 21.5 Å². The molecular formula is C12H16BrN3O. The summed E-state index contributed by atoms with van der Waals surface area (Å²) in [5, 5.41) is 5.56. The van der Waals surface area contributed by atoms with Crippen LogP contribution in [0.15, 0.2) is 27.8 Å². The van der Waals surface area contributed by atoms with Crippen LogP contribution in [-0.2, 0) is 0 Å². The van der Waals surface area contributed by atoms with Gasteiger partial charge in [0.15, 0.2) is 0 Å². The standard InChI is InChI=1S/C12H16BrN3O/c1-8(13)12(16(3)15-2)10-7-9(14)5-6-11(10)17-4/h5-7H,2,14H2,1,3-4H3/b12-8+. The fraction of sp³-hybridized carbons (Fsp3) is 0.250. The lowest BCUT2D eigenvalue weighted by Crippen LogP contribution is -2.11. The molecule has 0 amide bonds. The van der Waals surface area contributed by atoms with Gasteiger partial charge in [-0.15, -0.1) is 0 Å². The van der Waals surface area contributed by atoms with Crippen LogP contribution in [0.2, 0.25) is 0 Å². The van der Waals surface area contributed by atoms with Gasteiger partial charge in [-0.05, 0) is 25.1 Å². The summed E-state index contributed by atoms with van der Waals surface area (Å²) in [4.78, 5) is 0. The molecular weight excluding hydrogens is 282 g/mol. The van der Waals surface area contributed by atoms with Crippen LogP contribution in [0.4, 0.5) is 5.69 Å². The van der Waals surface area contributed by atoms with E-state index in [1.807, 2.05) is 26.1 Å². The molecule has 0 unspecified atom stereocenters. The van der Waals surface area contributed by atoms with Gasteiger partial charge in [0.25, 0.3) is 0 Å². The Kier molecular flexibility index (Phi) is 4.57. The molecule has 1 aromatic rings. The summed E-state index contributed by atoms with van der Waals surface area (Å²) in [6, 6.07) is 5.48. The predicted octanol–water partition coefficient (Wildman–Crippen LogP) is 2.91. The minimum atomic E-state index is 0.671. The summed E-state index contributed by atoms with van der Waals surface area (Å²) in [5.74, 6) is 0.739. The lowest BCUT2D eigenvalue weighted by atomic mass is 10.1. The van der Waals surface area contributed by atoms with Gasteiger partial charge >= 0.3 is 0 Å². The van der Waals surface area contributed by atoms with E-state index in [1.165, 1.54) is 0 Å². The minimum absolute atomic E-state index is 0.671. The Bertz CT molecular complexity index is 453. The highest BCUT2D eigenvalue weighted by Crippen LogP contribution is 2.33. The number of anilines is 1. The maximum atomic E-state index is 5.80. The number of nitrogen functional groups attached to an aromatic ring is 1. The molecule has 0 aromatic heterocycles. The Labute approximate surface area is 110 Å². The van der Waals surface area contributed by atoms with Crippen molar-refractivity contribution in [1.29, 1.82) is 0 Å². The van der Waals surface area contributed by atoms with Crippen molar-refractivity contribution in [3.8, 4) is 5.75 Å². The summed E-state index contributed by atoms with van der Waals surface area (Å²) in [6.45, 7) is 5.45. The molecule has 0 aliphatic rings.